The SMILES string of the molecule is O=C(NOCc1ccccn1)C1c2ccccc2C(=O)N(C2CCCC2O)C1c1ccc(Cl)cc1. The zero-order valence-electron chi connectivity index (χ0n) is 19.0. The molecule has 8 heteroatoms. The van der Waals surface area contributed by atoms with Gasteiger partial charge in [-0.15, -0.1) is 0 Å². The summed E-state index contributed by atoms with van der Waals surface area (Å²) in [5.41, 5.74) is 5.11. The van der Waals surface area contributed by atoms with Gasteiger partial charge in [0.1, 0.15) is 6.61 Å². The number of hydroxylamine groups is 1. The predicted molar refractivity (Wildman–Crippen MR) is 130 cm³/mol. The quantitative estimate of drug-likeness (QED) is 0.505. The zero-order chi connectivity index (χ0) is 24.4. The Bertz CT molecular complexity index is 1200. The molecule has 1 fully saturated rings. The lowest BCUT2D eigenvalue weighted by Gasteiger charge is -2.45. The fraction of sp³-hybridized carbons (Fsp3) is 0.296. The first-order valence-electron chi connectivity index (χ1n) is 11.7. The first kappa shape index (κ1) is 23.5. The number of nitrogens with zero attached hydrogens (tertiary/aromatic N) is 2. The molecule has 2 heterocycles. The third-order valence-corrected chi connectivity index (χ3v) is 7.04. The van der Waals surface area contributed by atoms with Crippen LogP contribution < -0.4 is 5.48 Å². The second kappa shape index (κ2) is 10.2. The van der Waals surface area contributed by atoms with Gasteiger partial charge in [0.25, 0.3) is 11.8 Å². The van der Waals surface area contributed by atoms with Crippen LogP contribution in [0.1, 0.15) is 58.4 Å². The Hall–Kier alpha value is -3.26. The molecule has 2 aromatic carbocycles. The lowest BCUT2D eigenvalue weighted by Crippen LogP contribution is -2.53. The van der Waals surface area contributed by atoms with E-state index in [4.69, 9.17) is 16.4 Å². The largest absolute Gasteiger partial charge is 0.391 e. The Balaban J connectivity index is 1.54. The van der Waals surface area contributed by atoms with Crippen LogP contribution in [0.3, 0.4) is 0 Å². The normalized spacial score (nSPS) is 23.7. The van der Waals surface area contributed by atoms with E-state index in [2.05, 4.69) is 10.5 Å². The molecule has 1 saturated carbocycles. The lowest BCUT2D eigenvalue weighted by molar-refractivity contribution is -0.138. The maximum absolute atomic E-state index is 13.8. The molecule has 180 valence electrons. The molecular weight excluding hydrogens is 466 g/mol. The molecule has 2 N–H and O–H groups in total. The van der Waals surface area contributed by atoms with Gasteiger partial charge in [-0.3, -0.25) is 19.4 Å². The number of carbonyl (C=O) groups is 2. The summed E-state index contributed by atoms with van der Waals surface area (Å²) in [4.78, 5) is 38.9. The van der Waals surface area contributed by atoms with Crippen LogP contribution in [0.4, 0.5) is 0 Å². The van der Waals surface area contributed by atoms with Gasteiger partial charge in [0.05, 0.1) is 29.8 Å². The summed E-state index contributed by atoms with van der Waals surface area (Å²) in [6.45, 7) is 0.108. The van der Waals surface area contributed by atoms with Crippen molar-refractivity contribution in [3.63, 3.8) is 0 Å². The molecule has 1 aliphatic carbocycles. The molecule has 2 amide bonds. The minimum atomic E-state index is -0.749. The lowest BCUT2D eigenvalue weighted by atomic mass is 9.78. The topological polar surface area (TPSA) is 91.8 Å². The average molecular weight is 492 g/mol. The minimum Gasteiger partial charge on any atom is -0.391 e. The van der Waals surface area contributed by atoms with E-state index < -0.39 is 18.1 Å². The number of rotatable bonds is 6. The van der Waals surface area contributed by atoms with E-state index in [1.54, 1.807) is 47.5 Å². The molecule has 2 aliphatic rings. The molecule has 0 saturated heterocycles. The van der Waals surface area contributed by atoms with E-state index in [1.807, 2.05) is 30.3 Å². The van der Waals surface area contributed by atoms with E-state index in [9.17, 15) is 14.7 Å². The predicted octanol–water partition coefficient (Wildman–Crippen LogP) is 4.18. The molecule has 1 aromatic heterocycles. The van der Waals surface area contributed by atoms with Gasteiger partial charge in [-0.2, -0.15) is 0 Å². The number of carbonyl (C=O) groups excluding carboxylic acids is 2. The second-order valence-electron chi connectivity index (χ2n) is 8.92. The fourth-order valence-electron chi connectivity index (χ4n) is 5.19. The molecule has 7 nitrogen and oxygen atoms in total. The first-order chi connectivity index (χ1) is 17.0. The summed E-state index contributed by atoms with van der Waals surface area (Å²) < 4.78 is 0. The minimum absolute atomic E-state index is 0.108. The molecule has 0 spiro atoms. The maximum atomic E-state index is 13.8. The van der Waals surface area contributed by atoms with E-state index in [1.165, 1.54) is 0 Å². The summed E-state index contributed by atoms with van der Waals surface area (Å²) in [5.74, 6) is -1.31. The monoisotopic (exact) mass is 491 g/mol. The van der Waals surface area contributed by atoms with Crippen LogP contribution in [0, 0.1) is 0 Å². The van der Waals surface area contributed by atoms with Crippen LogP contribution in [0.25, 0.3) is 0 Å². The van der Waals surface area contributed by atoms with Crippen molar-refractivity contribution in [2.45, 2.75) is 50.0 Å². The number of halogens is 1. The third-order valence-electron chi connectivity index (χ3n) is 6.79. The Labute approximate surface area is 208 Å². The molecule has 0 radical (unpaired) electrons. The highest BCUT2D eigenvalue weighted by Crippen LogP contribution is 2.46. The molecular formula is C27H26ClN3O4. The maximum Gasteiger partial charge on any atom is 0.255 e. The van der Waals surface area contributed by atoms with Crippen molar-refractivity contribution < 1.29 is 19.5 Å². The number of amides is 2. The van der Waals surface area contributed by atoms with Crippen molar-refractivity contribution in [1.82, 2.24) is 15.4 Å². The van der Waals surface area contributed by atoms with Gasteiger partial charge in [0.2, 0.25) is 0 Å². The number of aliphatic hydroxyl groups is 1. The van der Waals surface area contributed by atoms with Crippen molar-refractivity contribution >= 4 is 23.4 Å². The molecule has 0 bridgehead atoms. The molecule has 4 unspecified atom stereocenters. The number of pyridine rings is 1. The molecule has 4 atom stereocenters. The van der Waals surface area contributed by atoms with Crippen LogP contribution in [-0.2, 0) is 16.2 Å². The van der Waals surface area contributed by atoms with Crippen LogP contribution >= 0.6 is 11.6 Å². The fourth-order valence-corrected chi connectivity index (χ4v) is 5.31. The highest BCUT2D eigenvalue weighted by atomic mass is 35.5. The van der Waals surface area contributed by atoms with Gasteiger partial charge in [0, 0.05) is 16.8 Å². The van der Waals surface area contributed by atoms with Gasteiger partial charge in [-0.05, 0) is 60.7 Å². The summed E-state index contributed by atoms with van der Waals surface area (Å²) in [7, 11) is 0. The van der Waals surface area contributed by atoms with Crippen molar-refractivity contribution in [3.05, 3.63) is 100 Å². The summed E-state index contributed by atoms with van der Waals surface area (Å²) in [5, 5.41) is 11.3. The van der Waals surface area contributed by atoms with Gasteiger partial charge < -0.3 is 10.0 Å². The Morgan fingerprint density at radius 1 is 1.09 bits per heavy atom. The van der Waals surface area contributed by atoms with Gasteiger partial charge in [-0.1, -0.05) is 48.0 Å². The van der Waals surface area contributed by atoms with Crippen molar-refractivity contribution in [3.8, 4) is 0 Å². The van der Waals surface area contributed by atoms with Gasteiger partial charge in [0.15, 0.2) is 0 Å². The molecule has 1 aliphatic heterocycles. The van der Waals surface area contributed by atoms with Gasteiger partial charge in [-0.25, -0.2) is 5.48 Å². The number of aromatic nitrogens is 1. The number of benzene rings is 2. The molecule has 5 rings (SSSR count). The summed E-state index contributed by atoms with van der Waals surface area (Å²) in [6, 6.07) is 18.7. The number of fused-ring (bicyclic) bond motifs is 1. The first-order valence-corrected chi connectivity index (χ1v) is 12.1. The molecule has 3 aromatic rings. The number of hydrogen-bond acceptors (Lipinski definition) is 5. The Morgan fingerprint density at radius 3 is 2.57 bits per heavy atom. The standard InChI is InChI=1S/C27H26ClN3O4/c28-18-13-11-17(12-14-18)25-24(26(33)30-35-16-19-6-3-4-15-29-19)20-7-1-2-8-21(20)27(34)31(25)22-9-5-10-23(22)32/h1-4,6-8,11-15,22-25,32H,5,9-10,16H2,(H,30,33). The van der Waals surface area contributed by atoms with E-state index >= 15 is 0 Å². The highest BCUT2D eigenvalue weighted by molar-refractivity contribution is 6.30. The van der Waals surface area contributed by atoms with Crippen molar-refractivity contribution in [1.29, 1.82) is 0 Å². The average Bonchev–Trinajstić information content (AvgIpc) is 3.30. The second-order valence-corrected chi connectivity index (χ2v) is 9.35. The smallest absolute Gasteiger partial charge is 0.255 e. The molecule has 35 heavy (non-hydrogen) atoms. The summed E-state index contributed by atoms with van der Waals surface area (Å²) >= 11 is 6.15. The number of hydrogen-bond donors (Lipinski definition) is 2. The van der Waals surface area contributed by atoms with Crippen molar-refractivity contribution in [2.75, 3.05) is 0 Å². The Morgan fingerprint density at radius 2 is 1.86 bits per heavy atom. The van der Waals surface area contributed by atoms with Crippen LogP contribution in [0.15, 0.2) is 72.9 Å². The number of nitrogens with one attached hydrogen (secondary N) is 1. The third kappa shape index (κ3) is 4.67. The van der Waals surface area contributed by atoms with Crippen LogP contribution in [0.2, 0.25) is 5.02 Å². The van der Waals surface area contributed by atoms with Gasteiger partial charge >= 0.3 is 0 Å². The van der Waals surface area contributed by atoms with Crippen LogP contribution in [0.5, 0.6) is 0 Å². The van der Waals surface area contributed by atoms with E-state index in [0.29, 0.717) is 34.7 Å². The van der Waals surface area contributed by atoms with Crippen LogP contribution in [-0.4, -0.2) is 39.0 Å². The van der Waals surface area contributed by atoms with Crippen molar-refractivity contribution in [2.24, 2.45) is 0 Å². The highest BCUT2D eigenvalue weighted by Gasteiger charge is 2.48. The zero-order valence-corrected chi connectivity index (χ0v) is 19.8. The van der Waals surface area contributed by atoms with E-state index in [0.717, 1.165) is 12.0 Å². The Kier molecular flexibility index (Phi) is 6.81. The van der Waals surface area contributed by atoms with E-state index in [-0.39, 0.29) is 24.5 Å². The number of aliphatic hydroxyl groups excluding tert-OH is 1. The summed E-state index contributed by atoms with van der Waals surface area (Å²) in [6.07, 6.45) is 3.11.